The van der Waals surface area contributed by atoms with Gasteiger partial charge in [-0.15, -0.1) is 0 Å². The first kappa shape index (κ1) is 26.6. The predicted molar refractivity (Wildman–Crippen MR) is 129 cm³/mol. The molecule has 2 amide bonds. The van der Waals surface area contributed by atoms with Crippen LogP contribution in [0.4, 0.5) is 13.2 Å². The fourth-order valence-corrected chi connectivity index (χ4v) is 6.75. The molecule has 1 aromatic rings. The topological polar surface area (TPSA) is 114 Å². The van der Waals surface area contributed by atoms with Crippen LogP contribution in [0.3, 0.4) is 0 Å². The van der Waals surface area contributed by atoms with Crippen molar-refractivity contribution in [3.05, 3.63) is 23.5 Å². The molecule has 4 atom stereocenters. The lowest BCUT2D eigenvalue weighted by Gasteiger charge is -2.38. The number of methoxy groups -OCH3 is 1. The summed E-state index contributed by atoms with van der Waals surface area (Å²) in [6, 6.07) is 1.34. The maximum absolute atomic E-state index is 14.8. The van der Waals surface area contributed by atoms with Crippen molar-refractivity contribution in [2.24, 2.45) is 23.7 Å². The lowest BCUT2D eigenvalue weighted by Crippen LogP contribution is -2.56. The smallest absolute Gasteiger partial charge is 0.306 e. The molecule has 4 saturated carbocycles. The zero-order valence-electron chi connectivity index (χ0n) is 21.2. The number of hydrogen-bond donors (Lipinski definition) is 3. The van der Waals surface area contributed by atoms with Gasteiger partial charge in [-0.05, 0) is 62.8 Å². The number of amides is 2. The number of hydrogen-bond acceptors (Lipinski definition) is 5. The number of carbonyl (C=O) groups is 3. The molecule has 4 aliphatic rings. The summed E-state index contributed by atoms with van der Waals surface area (Å²) in [5, 5.41) is 14.9. The molecule has 8 nitrogen and oxygen atoms in total. The summed E-state index contributed by atoms with van der Waals surface area (Å²) in [4.78, 5) is 37.7. The summed E-state index contributed by atoms with van der Waals surface area (Å²) in [5.74, 6) is -6.04. The molecule has 0 unspecified atom stereocenters. The summed E-state index contributed by atoms with van der Waals surface area (Å²) in [5.41, 5.74) is 0.0590. The molecule has 208 valence electrons. The minimum atomic E-state index is -2.74. The molecule has 4 aliphatic carbocycles. The summed E-state index contributed by atoms with van der Waals surface area (Å²) in [7, 11) is 1.32. The first-order chi connectivity index (χ1) is 18.0. The van der Waals surface area contributed by atoms with E-state index in [1.165, 1.54) is 13.2 Å². The number of fused-ring (bicyclic) bond motifs is 2. The highest BCUT2D eigenvalue weighted by Gasteiger charge is 2.53. The van der Waals surface area contributed by atoms with Gasteiger partial charge in [0.15, 0.2) is 11.6 Å². The third-order valence-corrected chi connectivity index (χ3v) is 8.77. The van der Waals surface area contributed by atoms with Crippen LogP contribution in [-0.4, -0.2) is 54.1 Å². The first-order valence-electron chi connectivity index (χ1n) is 13.3. The maximum atomic E-state index is 14.8. The normalized spacial score (nSPS) is 31.8. The van der Waals surface area contributed by atoms with E-state index in [0.29, 0.717) is 25.7 Å². The Balaban J connectivity index is 1.28. The van der Waals surface area contributed by atoms with Gasteiger partial charge in [0.25, 0.3) is 11.8 Å². The molecule has 38 heavy (non-hydrogen) atoms. The van der Waals surface area contributed by atoms with Crippen LogP contribution in [0.1, 0.15) is 68.1 Å². The van der Waals surface area contributed by atoms with Gasteiger partial charge in [0.05, 0.1) is 30.6 Å². The van der Waals surface area contributed by atoms with Crippen LogP contribution in [-0.2, 0) is 9.59 Å². The number of aliphatic carboxylic acids is 1. The van der Waals surface area contributed by atoms with Gasteiger partial charge in [-0.3, -0.25) is 14.4 Å². The SMILES string of the molecule is COc1cc(F)c(O[C@H]2CC[C@@H](C(=O)O)CC2)cc1C(=O)N[C@@H]1[C@H]2CC[C@H](C2)[C@@H]1C(=O)NC1CC(F)(F)C1. The van der Waals surface area contributed by atoms with Crippen LogP contribution in [0.5, 0.6) is 11.5 Å². The van der Waals surface area contributed by atoms with Crippen LogP contribution in [0.15, 0.2) is 12.1 Å². The Morgan fingerprint density at radius 3 is 2.29 bits per heavy atom. The fraction of sp³-hybridized carbons (Fsp3) is 0.667. The number of alkyl halides is 2. The Kier molecular flexibility index (Phi) is 7.21. The van der Waals surface area contributed by atoms with E-state index in [1.807, 2.05) is 0 Å². The van der Waals surface area contributed by atoms with Crippen LogP contribution in [0.2, 0.25) is 0 Å². The monoisotopic (exact) mass is 538 g/mol. The molecule has 0 spiro atoms. The molecule has 4 fully saturated rings. The van der Waals surface area contributed by atoms with Gasteiger partial charge >= 0.3 is 5.97 Å². The molecule has 3 N–H and O–H groups in total. The van der Waals surface area contributed by atoms with E-state index in [4.69, 9.17) is 9.47 Å². The number of nitrogens with one attached hydrogen (secondary N) is 2. The number of halogens is 3. The highest BCUT2D eigenvalue weighted by atomic mass is 19.3. The number of carbonyl (C=O) groups excluding carboxylic acids is 2. The van der Waals surface area contributed by atoms with Crippen molar-refractivity contribution in [1.29, 1.82) is 0 Å². The molecule has 0 aliphatic heterocycles. The van der Waals surface area contributed by atoms with E-state index in [2.05, 4.69) is 10.6 Å². The molecule has 5 rings (SSSR count). The number of benzene rings is 1. The molecule has 0 saturated heterocycles. The molecular formula is C27H33F3N2O6. The fourth-order valence-electron chi connectivity index (χ4n) is 6.75. The van der Waals surface area contributed by atoms with Gasteiger partial charge in [-0.1, -0.05) is 0 Å². The standard InChI is InChI=1S/C27H33F3N2O6/c1-37-20-10-19(28)21(38-17-6-4-13(5-7-17)26(35)36)9-18(20)24(33)32-23-15-3-2-14(8-15)22(23)25(34)31-16-11-27(29,30)12-16/h9-10,13-17,22-23H,2-8,11-12H2,1H3,(H,31,34)(H,32,33)(H,35,36)/t13-,14-,15+,17+,22+,23-/m1/s1. The molecule has 1 aromatic carbocycles. The summed E-state index contributed by atoms with van der Waals surface area (Å²) in [6.07, 6.45) is 3.13. The molecular weight excluding hydrogens is 505 g/mol. The van der Waals surface area contributed by atoms with E-state index in [9.17, 15) is 32.7 Å². The van der Waals surface area contributed by atoms with Crippen LogP contribution in [0.25, 0.3) is 0 Å². The molecule has 11 heteroatoms. The van der Waals surface area contributed by atoms with Gasteiger partial charge in [0.2, 0.25) is 5.91 Å². The Labute approximate surface area is 218 Å². The van der Waals surface area contributed by atoms with Crippen molar-refractivity contribution in [2.75, 3.05) is 7.11 Å². The Morgan fingerprint density at radius 1 is 0.974 bits per heavy atom. The van der Waals surface area contributed by atoms with E-state index >= 15 is 0 Å². The minimum Gasteiger partial charge on any atom is -0.496 e. The van der Waals surface area contributed by atoms with Gasteiger partial charge in [0, 0.05) is 31.0 Å². The van der Waals surface area contributed by atoms with E-state index in [1.54, 1.807) is 0 Å². The van der Waals surface area contributed by atoms with Gasteiger partial charge < -0.3 is 25.2 Å². The van der Waals surface area contributed by atoms with Crippen molar-refractivity contribution in [1.82, 2.24) is 10.6 Å². The van der Waals surface area contributed by atoms with Crippen molar-refractivity contribution in [3.8, 4) is 11.5 Å². The average Bonchev–Trinajstić information content (AvgIpc) is 3.46. The Morgan fingerprint density at radius 2 is 1.66 bits per heavy atom. The zero-order chi connectivity index (χ0) is 27.2. The largest absolute Gasteiger partial charge is 0.496 e. The summed E-state index contributed by atoms with van der Waals surface area (Å²) >= 11 is 0. The van der Waals surface area contributed by atoms with Crippen molar-refractivity contribution < 1.29 is 42.1 Å². The first-order valence-corrected chi connectivity index (χ1v) is 13.3. The minimum absolute atomic E-state index is 0.0165. The second-order valence-electron chi connectivity index (χ2n) is 11.2. The zero-order valence-corrected chi connectivity index (χ0v) is 21.2. The average molecular weight is 539 g/mol. The summed E-state index contributed by atoms with van der Waals surface area (Å²) in [6.45, 7) is 0. The quantitative estimate of drug-likeness (QED) is 0.463. The third kappa shape index (κ3) is 5.29. The second-order valence-corrected chi connectivity index (χ2v) is 11.2. The van der Waals surface area contributed by atoms with Crippen LogP contribution >= 0.6 is 0 Å². The molecule has 0 radical (unpaired) electrons. The maximum Gasteiger partial charge on any atom is 0.306 e. The Bertz CT molecular complexity index is 1100. The van der Waals surface area contributed by atoms with Gasteiger partial charge in [-0.2, -0.15) is 0 Å². The number of ether oxygens (including phenoxy) is 2. The molecule has 0 heterocycles. The van der Waals surface area contributed by atoms with Crippen molar-refractivity contribution >= 4 is 17.8 Å². The molecule has 0 aromatic heterocycles. The summed E-state index contributed by atoms with van der Waals surface area (Å²) < 4.78 is 52.4. The van der Waals surface area contributed by atoms with Crippen molar-refractivity contribution in [2.45, 2.75) is 81.9 Å². The van der Waals surface area contributed by atoms with Gasteiger partial charge in [0.1, 0.15) is 5.75 Å². The number of carboxylic acids is 1. The molecule has 2 bridgehead atoms. The van der Waals surface area contributed by atoms with Crippen LogP contribution in [0, 0.1) is 29.5 Å². The highest BCUT2D eigenvalue weighted by Crippen LogP contribution is 2.49. The lowest BCUT2D eigenvalue weighted by molar-refractivity contribution is -0.143. The highest BCUT2D eigenvalue weighted by molar-refractivity contribution is 5.98. The van der Waals surface area contributed by atoms with Crippen molar-refractivity contribution in [3.63, 3.8) is 0 Å². The Hall–Kier alpha value is -2.98. The predicted octanol–water partition coefficient (Wildman–Crippen LogP) is 3.91. The number of rotatable bonds is 8. The van der Waals surface area contributed by atoms with Crippen LogP contribution < -0.4 is 20.1 Å². The van der Waals surface area contributed by atoms with Gasteiger partial charge in [-0.25, -0.2) is 13.2 Å². The third-order valence-electron chi connectivity index (χ3n) is 8.77. The van der Waals surface area contributed by atoms with E-state index in [0.717, 1.165) is 25.3 Å². The number of carboxylic acid groups (broad SMARTS) is 1. The lowest BCUT2D eigenvalue weighted by atomic mass is 9.82. The van der Waals surface area contributed by atoms with E-state index < -0.39 is 47.5 Å². The second kappa shape index (κ2) is 10.3. The van der Waals surface area contributed by atoms with E-state index in [-0.39, 0.29) is 53.8 Å².